The second-order valence-electron chi connectivity index (χ2n) is 17.5. The van der Waals surface area contributed by atoms with Crippen molar-refractivity contribution in [2.24, 2.45) is 11.8 Å². The normalized spacial score (nSPS) is 22.4. The Bertz CT molecular complexity index is 2320. The summed E-state index contributed by atoms with van der Waals surface area (Å²) in [6.45, 7) is 6.25. The molecule has 0 saturated heterocycles. The summed E-state index contributed by atoms with van der Waals surface area (Å²) < 4.78 is 18.5. The van der Waals surface area contributed by atoms with Crippen LogP contribution in [0.1, 0.15) is 99.1 Å². The fraction of sp³-hybridized carbons (Fsp3) is 0.440. The van der Waals surface area contributed by atoms with Crippen LogP contribution in [0.15, 0.2) is 91.3 Å². The van der Waals surface area contributed by atoms with E-state index in [2.05, 4.69) is 47.7 Å². The number of hydrogen-bond acceptors (Lipinski definition) is 8. The number of rotatable bonds is 15. The number of anilines is 1. The van der Waals surface area contributed by atoms with Crippen LogP contribution in [-0.4, -0.2) is 54.3 Å². The van der Waals surface area contributed by atoms with Gasteiger partial charge in [-0.1, -0.05) is 49.7 Å². The minimum absolute atomic E-state index is 0.0109. The van der Waals surface area contributed by atoms with Gasteiger partial charge in [0, 0.05) is 46.3 Å². The lowest BCUT2D eigenvalue weighted by atomic mass is 9.59. The molecule has 0 unspecified atom stereocenters. The number of carbonyl (C=O) groups excluding carboxylic acids is 2. The van der Waals surface area contributed by atoms with E-state index in [0.29, 0.717) is 68.2 Å². The average Bonchev–Trinajstić information content (AvgIpc) is 3.54. The van der Waals surface area contributed by atoms with Crippen LogP contribution < -0.4 is 20.1 Å². The Morgan fingerprint density at radius 3 is 2.65 bits per heavy atom. The zero-order chi connectivity index (χ0) is 41.7. The number of nitrogens with zero attached hydrogens (tertiary/aromatic N) is 2. The molecule has 1 fully saturated rings. The molecular weight excluding hydrogens is 772 g/mol. The predicted molar refractivity (Wildman–Crippen MR) is 237 cm³/mol. The lowest BCUT2D eigenvalue weighted by Gasteiger charge is -2.47. The Kier molecular flexibility index (Phi) is 12.6. The molecule has 314 valence electrons. The van der Waals surface area contributed by atoms with Crippen LogP contribution in [0.4, 0.5) is 5.69 Å². The number of nitrogens with one attached hydrogen (secondary N) is 2. The van der Waals surface area contributed by atoms with Gasteiger partial charge in [0.1, 0.15) is 17.0 Å². The fourth-order valence-corrected chi connectivity index (χ4v) is 10.5. The molecule has 60 heavy (non-hydrogen) atoms. The first-order valence-corrected chi connectivity index (χ1v) is 22.1. The fourth-order valence-electron chi connectivity index (χ4n) is 10.3. The quantitative estimate of drug-likeness (QED) is 0.0793. The molecule has 0 aliphatic heterocycles. The summed E-state index contributed by atoms with van der Waals surface area (Å²) in [5.41, 5.74) is 6.83. The van der Waals surface area contributed by atoms with Gasteiger partial charge in [-0.2, -0.15) is 0 Å². The molecule has 1 amide bonds. The number of amides is 1. The van der Waals surface area contributed by atoms with Gasteiger partial charge in [-0.3, -0.25) is 14.8 Å². The maximum absolute atomic E-state index is 13.7. The van der Waals surface area contributed by atoms with Crippen LogP contribution in [0.2, 0.25) is 5.02 Å². The maximum atomic E-state index is 13.7. The van der Waals surface area contributed by atoms with E-state index in [9.17, 15) is 9.59 Å². The van der Waals surface area contributed by atoms with Crippen molar-refractivity contribution in [2.75, 3.05) is 32.2 Å². The number of fused-ring (bicyclic) bond motifs is 4. The summed E-state index contributed by atoms with van der Waals surface area (Å²) in [6, 6.07) is 26.0. The molecule has 2 heterocycles. The highest BCUT2D eigenvalue weighted by Crippen LogP contribution is 2.57. The number of esters is 1. The number of ether oxygens (including phenoxy) is 3. The molecule has 1 saturated carbocycles. The summed E-state index contributed by atoms with van der Waals surface area (Å²) >= 11 is 6.38. The van der Waals surface area contributed by atoms with E-state index in [1.807, 2.05) is 66.9 Å². The van der Waals surface area contributed by atoms with Crippen LogP contribution in [0.5, 0.6) is 11.5 Å². The Morgan fingerprint density at radius 1 is 0.950 bits per heavy atom. The third-order valence-corrected chi connectivity index (χ3v) is 13.6. The zero-order valence-electron chi connectivity index (χ0n) is 35.1. The van der Waals surface area contributed by atoms with E-state index in [0.717, 1.165) is 65.8 Å². The number of methoxy groups -OCH3 is 1. The Hall–Kier alpha value is -5.15. The van der Waals surface area contributed by atoms with Crippen molar-refractivity contribution in [3.63, 3.8) is 0 Å². The molecule has 0 radical (unpaired) electrons. The summed E-state index contributed by atoms with van der Waals surface area (Å²) in [5, 5.41) is 8.28. The van der Waals surface area contributed by atoms with E-state index in [4.69, 9.17) is 30.8 Å². The Balaban J connectivity index is 0.950. The smallest absolute Gasteiger partial charge is 0.331 e. The summed E-state index contributed by atoms with van der Waals surface area (Å²) in [6.07, 6.45) is 12.9. The van der Waals surface area contributed by atoms with Crippen molar-refractivity contribution in [1.82, 2.24) is 15.3 Å². The first-order chi connectivity index (χ1) is 29.1. The van der Waals surface area contributed by atoms with Crippen molar-refractivity contribution in [3.05, 3.63) is 124 Å². The number of halogens is 1. The molecule has 9 nitrogen and oxygen atoms in total. The lowest BCUT2D eigenvalue weighted by molar-refractivity contribution is -0.148. The molecule has 5 aromatic rings. The molecule has 3 atom stereocenters. The van der Waals surface area contributed by atoms with Gasteiger partial charge < -0.3 is 24.8 Å². The molecular formula is C50H57ClN4O5. The molecule has 10 heteroatoms. The van der Waals surface area contributed by atoms with Crippen LogP contribution in [0.3, 0.4) is 0 Å². The van der Waals surface area contributed by atoms with Crippen LogP contribution in [0.25, 0.3) is 10.9 Å². The first kappa shape index (κ1) is 41.6. The molecule has 2 N–H and O–H groups in total. The molecule has 3 aliphatic rings. The van der Waals surface area contributed by atoms with Crippen molar-refractivity contribution < 1.29 is 23.8 Å². The summed E-state index contributed by atoms with van der Waals surface area (Å²) in [7, 11) is 1.47. The molecule has 3 aromatic carbocycles. The van der Waals surface area contributed by atoms with Gasteiger partial charge in [-0.05, 0) is 159 Å². The average molecular weight is 829 g/mol. The third-order valence-electron chi connectivity index (χ3n) is 13.4. The molecule has 0 bridgehead atoms. The number of aryl methyl sites for hydroxylation is 1. The highest BCUT2D eigenvalue weighted by Gasteiger charge is 2.54. The van der Waals surface area contributed by atoms with Crippen molar-refractivity contribution in [2.45, 2.75) is 101 Å². The number of benzene rings is 3. The van der Waals surface area contributed by atoms with Crippen molar-refractivity contribution in [1.29, 1.82) is 0 Å². The molecule has 2 aromatic heterocycles. The number of aromatic nitrogens is 2. The van der Waals surface area contributed by atoms with E-state index in [1.54, 1.807) is 6.20 Å². The Morgan fingerprint density at radius 2 is 1.82 bits per heavy atom. The van der Waals surface area contributed by atoms with Gasteiger partial charge in [0.05, 0.1) is 32.3 Å². The summed E-state index contributed by atoms with van der Waals surface area (Å²) in [4.78, 5) is 35.5. The monoisotopic (exact) mass is 828 g/mol. The number of carbonyl (C=O) groups is 2. The minimum atomic E-state index is -0.867. The lowest BCUT2D eigenvalue weighted by Crippen LogP contribution is -2.53. The number of pyridine rings is 2. The van der Waals surface area contributed by atoms with Gasteiger partial charge in [-0.15, -0.1) is 0 Å². The van der Waals surface area contributed by atoms with E-state index >= 15 is 0 Å². The predicted octanol–water partition coefficient (Wildman–Crippen LogP) is 9.96. The second kappa shape index (κ2) is 18.2. The van der Waals surface area contributed by atoms with Crippen LogP contribution in [0, 0.1) is 11.8 Å². The van der Waals surface area contributed by atoms with Crippen molar-refractivity contribution >= 4 is 40.1 Å². The highest BCUT2D eigenvalue weighted by atomic mass is 35.5. The molecule has 3 aliphatic carbocycles. The molecule has 1 spiro atoms. The first-order valence-electron chi connectivity index (χ1n) is 21.7. The SMILES string of the molecule is COC(=O)C1(Nc2cccc(Cl)c2)CCC2(CC1)c1cc(OCCCNC(=O)Cc3ccc4ncccc4c3)ccc1C[C@@H]2C[C@@H](C)COc1ccnc2c1[C@H](C)CCC2. The van der Waals surface area contributed by atoms with E-state index in [-0.39, 0.29) is 17.3 Å². The van der Waals surface area contributed by atoms with Crippen LogP contribution in [-0.2, 0) is 39.0 Å². The van der Waals surface area contributed by atoms with E-state index in [1.165, 1.54) is 42.3 Å². The van der Waals surface area contributed by atoms with Gasteiger partial charge in [0.2, 0.25) is 5.91 Å². The Labute approximate surface area is 359 Å². The zero-order valence-corrected chi connectivity index (χ0v) is 35.9. The third kappa shape index (κ3) is 8.97. The largest absolute Gasteiger partial charge is 0.494 e. The van der Waals surface area contributed by atoms with E-state index < -0.39 is 5.54 Å². The molecule has 8 rings (SSSR count). The summed E-state index contributed by atoms with van der Waals surface area (Å²) in [5.74, 6) is 2.69. The topological polar surface area (TPSA) is 112 Å². The van der Waals surface area contributed by atoms with Gasteiger partial charge in [-0.25, -0.2) is 4.79 Å². The maximum Gasteiger partial charge on any atom is 0.331 e. The second-order valence-corrected chi connectivity index (χ2v) is 17.9. The minimum Gasteiger partial charge on any atom is -0.494 e. The highest BCUT2D eigenvalue weighted by molar-refractivity contribution is 6.30. The standard InChI is InChI=1S/C50H57ClN4O5/c1-33(32-60-45-17-24-53-44-12-4-8-34(2)47(44)45)26-38-29-36-14-15-41(59-25-7-23-54-46(56)28-35-13-16-43-37(27-35)9-6-22-52-43)31-42(36)49(38)18-20-50(21-19-49,48(57)58-3)55-40-11-5-10-39(51)30-40/h5-6,9-11,13-17,22,24,27,30-31,33-34,38,55H,4,7-8,12,18-21,23,25-26,28-29,32H2,1-3H3,(H,54,56)/t33-,34-,38+,49?,50?/m1/s1. The number of hydrogen-bond donors (Lipinski definition) is 2. The van der Waals surface area contributed by atoms with Crippen LogP contribution >= 0.6 is 11.6 Å². The van der Waals surface area contributed by atoms with Crippen molar-refractivity contribution in [3.8, 4) is 11.5 Å². The van der Waals surface area contributed by atoms with Gasteiger partial charge >= 0.3 is 5.97 Å². The van der Waals surface area contributed by atoms with Gasteiger partial charge in [0.15, 0.2) is 0 Å². The van der Waals surface area contributed by atoms with Gasteiger partial charge in [0.25, 0.3) is 0 Å².